The van der Waals surface area contributed by atoms with Gasteiger partial charge in [-0.15, -0.1) is 0 Å². The van der Waals surface area contributed by atoms with E-state index in [2.05, 4.69) is 17.6 Å². The molecule has 2 aromatic carbocycles. The lowest BCUT2D eigenvalue weighted by atomic mass is 10.0. The topological polar surface area (TPSA) is 64.7 Å². The number of nitrogens with zero attached hydrogens (tertiary/aromatic N) is 2. The van der Waals surface area contributed by atoms with Gasteiger partial charge < -0.3 is 20.4 Å². The maximum atomic E-state index is 12.6. The van der Waals surface area contributed by atoms with Crippen LogP contribution in [-0.4, -0.2) is 54.5 Å². The first kappa shape index (κ1) is 21.1. The Morgan fingerprint density at radius 2 is 1.59 bits per heavy atom. The molecule has 1 fully saturated rings. The van der Waals surface area contributed by atoms with Crippen molar-refractivity contribution >= 4 is 29.2 Å². The maximum absolute atomic E-state index is 12.6. The van der Waals surface area contributed by atoms with Crippen molar-refractivity contribution in [1.29, 1.82) is 0 Å². The standard InChI is InChI=1S/C22H27ClN4O2/c1-2-20(17-8-10-18(23)11-9-17)24-16-21(28)26-12-14-27(15-13-26)22(29)25-19-6-4-3-5-7-19/h3-11,20,24H,2,12-16H2,1H3,(H,25,29). The fraction of sp³-hybridized carbons (Fsp3) is 0.364. The molecule has 1 aliphatic rings. The lowest BCUT2D eigenvalue weighted by Crippen LogP contribution is -2.53. The number of piperazine rings is 1. The highest BCUT2D eigenvalue weighted by Gasteiger charge is 2.24. The van der Waals surface area contributed by atoms with E-state index in [1.165, 1.54) is 0 Å². The Labute approximate surface area is 176 Å². The highest BCUT2D eigenvalue weighted by atomic mass is 35.5. The Morgan fingerprint density at radius 1 is 0.966 bits per heavy atom. The number of benzene rings is 2. The van der Waals surface area contributed by atoms with Crippen LogP contribution in [0.5, 0.6) is 0 Å². The average molecular weight is 415 g/mol. The molecule has 2 aromatic rings. The lowest BCUT2D eigenvalue weighted by molar-refractivity contribution is -0.131. The highest BCUT2D eigenvalue weighted by Crippen LogP contribution is 2.19. The molecule has 6 nitrogen and oxygen atoms in total. The molecule has 154 valence electrons. The lowest BCUT2D eigenvalue weighted by Gasteiger charge is -2.35. The highest BCUT2D eigenvalue weighted by molar-refractivity contribution is 6.30. The Hall–Kier alpha value is -2.57. The zero-order valence-electron chi connectivity index (χ0n) is 16.6. The fourth-order valence-electron chi connectivity index (χ4n) is 3.40. The first-order chi connectivity index (χ1) is 14.1. The minimum Gasteiger partial charge on any atom is -0.338 e. The third-order valence-corrected chi connectivity index (χ3v) is 5.38. The second-order valence-electron chi connectivity index (χ2n) is 7.06. The van der Waals surface area contributed by atoms with Crippen LogP contribution in [0.3, 0.4) is 0 Å². The number of anilines is 1. The smallest absolute Gasteiger partial charge is 0.321 e. The van der Waals surface area contributed by atoms with Crippen LogP contribution in [0.2, 0.25) is 5.02 Å². The predicted molar refractivity (Wildman–Crippen MR) is 116 cm³/mol. The SMILES string of the molecule is CCC(NCC(=O)N1CCN(C(=O)Nc2ccccc2)CC1)c1ccc(Cl)cc1. The van der Waals surface area contributed by atoms with Crippen LogP contribution in [0.1, 0.15) is 24.9 Å². The molecular formula is C22H27ClN4O2. The molecule has 1 aliphatic heterocycles. The predicted octanol–water partition coefficient (Wildman–Crippen LogP) is 3.76. The summed E-state index contributed by atoms with van der Waals surface area (Å²) in [4.78, 5) is 28.5. The van der Waals surface area contributed by atoms with Crippen molar-refractivity contribution in [2.45, 2.75) is 19.4 Å². The van der Waals surface area contributed by atoms with Crippen LogP contribution in [0.15, 0.2) is 54.6 Å². The van der Waals surface area contributed by atoms with Gasteiger partial charge in [0.1, 0.15) is 0 Å². The van der Waals surface area contributed by atoms with Crippen molar-refractivity contribution in [3.8, 4) is 0 Å². The van der Waals surface area contributed by atoms with E-state index in [9.17, 15) is 9.59 Å². The first-order valence-electron chi connectivity index (χ1n) is 9.94. The van der Waals surface area contributed by atoms with E-state index in [4.69, 9.17) is 11.6 Å². The quantitative estimate of drug-likeness (QED) is 0.756. The molecule has 0 saturated carbocycles. The summed E-state index contributed by atoms with van der Waals surface area (Å²) in [5.74, 6) is 0.0560. The fourth-order valence-corrected chi connectivity index (χ4v) is 3.52. The summed E-state index contributed by atoms with van der Waals surface area (Å²) in [7, 11) is 0. The number of urea groups is 1. The summed E-state index contributed by atoms with van der Waals surface area (Å²) >= 11 is 5.95. The summed E-state index contributed by atoms with van der Waals surface area (Å²) < 4.78 is 0. The summed E-state index contributed by atoms with van der Waals surface area (Å²) in [6.45, 7) is 4.50. The van der Waals surface area contributed by atoms with Gasteiger partial charge in [0.2, 0.25) is 5.91 Å². The zero-order chi connectivity index (χ0) is 20.6. The van der Waals surface area contributed by atoms with Crippen LogP contribution < -0.4 is 10.6 Å². The van der Waals surface area contributed by atoms with Crippen LogP contribution >= 0.6 is 11.6 Å². The average Bonchev–Trinajstić information content (AvgIpc) is 2.76. The van der Waals surface area contributed by atoms with Crippen molar-refractivity contribution in [1.82, 2.24) is 15.1 Å². The normalized spacial score (nSPS) is 15.1. The van der Waals surface area contributed by atoms with Gasteiger partial charge in [-0.05, 0) is 36.2 Å². The van der Waals surface area contributed by atoms with Crippen molar-refractivity contribution in [2.75, 3.05) is 38.0 Å². The van der Waals surface area contributed by atoms with E-state index >= 15 is 0 Å². The minimum atomic E-state index is -0.129. The molecule has 1 atom stereocenters. The second-order valence-corrected chi connectivity index (χ2v) is 7.49. The molecule has 0 spiro atoms. The summed E-state index contributed by atoms with van der Waals surface area (Å²) in [6.07, 6.45) is 0.877. The van der Waals surface area contributed by atoms with Crippen LogP contribution in [0.4, 0.5) is 10.5 Å². The third kappa shape index (κ3) is 5.95. The summed E-state index contributed by atoms with van der Waals surface area (Å²) in [5, 5.41) is 6.93. The molecule has 0 bridgehead atoms. The van der Waals surface area contributed by atoms with Gasteiger partial charge in [0.25, 0.3) is 0 Å². The Kier molecular flexibility index (Phi) is 7.49. The molecule has 0 aliphatic carbocycles. The zero-order valence-corrected chi connectivity index (χ0v) is 17.4. The first-order valence-corrected chi connectivity index (χ1v) is 10.3. The molecule has 1 saturated heterocycles. The van der Waals surface area contributed by atoms with Gasteiger partial charge in [-0.3, -0.25) is 4.79 Å². The second kappa shape index (κ2) is 10.3. The van der Waals surface area contributed by atoms with Crippen molar-refractivity contribution in [3.05, 3.63) is 65.2 Å². The van der Waals surface area contributed by atoms with E-state index < -0.39 is 0 Å². The third-order valence-electron chi connectivity index (χ3n) is 5.12. The van der Waals surface area contributed by atoms with Gasteiger partial charge in [0, 0.05) is 42.9 Å². The van der Waals surface area contributed by atoms with Crippen molar-refractivity contribution < 1.29 is 9.59 Å². The number of para-hydroxylation sites is 1. The molecule has 29 heavy (non-hydrogen) atoms. The van der Waals surface area contributed by atoms with Gasteiger partial charge in [-0.25, -0.2) is 4.79 Å². The van der Waals surface area contributed by atoms with Crippen molar-refractivity contribution in [3.63, 3.8) is 0 Å². The molecule has 3 amide bonds. The minimum absolute atomic E-state index is 0.0560. The number of carbonyl (C=O) groups excluding carboxylic acids is 2. The van der Waals surface area contributed by atoms with Crippen LogP contribution in [0, 0.1) is 0 Å². The van der Waals surface area contributed by atoms with Crippen LogP contribution in [0.25, 0.3) is 0 Å². The number of hydrogen-bond acceptors (Lipinski definition) is 3. The van der Waals surface area contributed by atoms with Gasteiger partial charge >= 0.3 is 6.03 Å². The summed E-state index contributed by atoms with van der Waals surface area (Å²) in [5.41, 5.74) is 1.89. The van der Waals surface area contributed by atoms with Crippen LogP contribution in [-0.2, 0) is 4.79 Å². The Balaban J connectivity index is 1.44. The molecule has 0 radical (unpaired) electrons. The van der Waals surface area contributed by atoms with Crippen molar-refractivity contribution in [2.24, 2.45) is 0 Å². The number of amides is 3. The molecular weight excluding hydrogens is 388 g/mol. The largest absolute Gasteiger partial charge is 0.338 e. The molecule has 0 aromatic heterocycles. The van der Waals surface area contributed by atoms with E-state index in [-0.39, 0.29) is 24.5 Å². The molecule has 2 N–H and O–H groups in total. The molecule has 1 unspecified atom stereocenters. The van der Waals surface area contributed by atoms with Gasteiger partial charge in [0.15, 0.2) is 0 Å². The molecule has 7 heteroatoms. The molecule has 1 heterocycles. The van der Waals surface area contributed by atoms with Gasteiger partial charge in [0.05, 0.1) is 6.54 Å². The van der Waals surface area contributed by atoms with E-state index in [1.54, 1.807) is 4.90 Å². The Morgan fingerprint density at radius 3 is 2.21 bits per heavy atom. The van der Waals surface area contributed by atoms with E-state index in [1.807, 2.05) is 59.5 Å². The summed E-state index contributed by atoms with van der Waals surface area (Å²) in [6, 6.07) is 17.1. The monoisotopic (exact) mass is 414 g/mol. The van der Waals surface area contributed by atoms with Gasteiger partial charge in [-0.1, -0.05) is 48.9 Å². The Bertz CT molecular complexity index is 805. The van der Waals surface area contributed by atoms with Gasteiger partial charge in [-0.2, -0.15) is 0 Å². The number of rotatable bonds is 6. The number of hydrogen-bond donors (Lipinski definition) is 2. The number of halogens is 1. The van der Waals surface area contributed by atoms with E-state index in [0.717, 1.165) is 17.7 Å². The maximum Gasteiger partial charge on any atom is 0.321 e. The number of carbonyl (C=O) groups is 2. The number of nitrogens with one attached hydrogen (secondary N) is 2. The van der Waals surface area contributed by atoms with E-state index in [0.29, 0.717) is 31.2 Å². The molecule has 3 rings (SSSR count).